The molecule has 0 aliphatic carbocycles. The highest BCUT2D eigenvalue weighted by molar-refractivity contribution is 5.94. The number of carbonyl (C=O) groups excluding carboxylic acids is 1. The summed E-state index contributed by atoms with van der Waals surface area (Å²) in [4.78, 5) is 20.9. The van der Waals surface area contributed by atoms with E-state index in [4.69, 9.17) is 4.99 Å². The highest BCUT2D eigenvalue weighted by Crippen LogP contribution is 2.10. The molecule has 1 aliphatic heterocycles. The number of benzene rings is 1. The quantitative estimate of drug-likeness (QED) is 0.409. The van der Waals surface area contributed by atoms with E-state index in [1.165, 1.54) is 0 Å². The van der Waals surface area contributed by atoms with Gasteiger partial charge in [0.25, 0.3) is 5.91 Å². The molecule has 6 nitrogen and oxygen atoms in total. The number of amides is 1. The lowest BCUT2D eigenvalue weighted by atomic mass is 10.1. The van der Waals surface area contributed by atoms with Crippen LogP contribution in [0.1, 0.15) is 35.7 Å². The minimum Gasteiger partial charge on any atom is -0.357 e. The second kappa shape index (κ2) is 11.5. The monoisotopic (exact) mass is 385 g/mol. The molecule has 1 aromatic rings. The fraction of sp³-hybridized carbons (Fsp3) is 0.545. The first-order valence-corrected chi connectivity index (χ1v) is 10.2. The second-order valence-electron chi connectivity index (χ2n) is 7.42. The van der Waals surface area contributed by atoms with Crippen LogP contribution in [0.25, 0.3) is 0 Å². The zero-order chi connectivity index (χ0) is 20.4. The van der Waals surface area contributed by atoms with Crippen molar-refractivity contribution in [3.63, 3.8) is 0 Å². The van der Waals surface area contributed by atoms with E-state index in [0.717, 1.165) is 62.5 Å². The Kier molecular flexibility index (Phi) is 9.01. The van der Waals surface area contributed by atoms with E-state index in [0.29, 0.717) is 12.6 Å². The standard InChI is InChI=1S/C22H35N5O/c1-5-14-27-15-11-20(12-16-27)25-22(23-6-2)24-13-10-18-8-7-9-19(17-18)21(28)26(3)4/h5,7-9,17,20H,1,6,10-16H2,2-4H3,(H2,23,24,25). The Hall–Kier alpha value is -2.34. The number of nitrogens with one attached hydrogen (secondary N) is 2. The molecule has 0 saturated carbocycles. The summed E-state index contributed by atoms with van der Waals surface area (Å²) in [5.41, 5.74) is 1.85. The molecule has 2 N–H and O–H groups in total. The van der Waals surface area contributed by atoms with Crippen LogP contribution in [-0.2, 0) is 6.42 Å². The van der Waals surface area contributed by atoms with E-state index in [2.05, 4.69) is 35.1 Å². The lowest BCUT2D eigenvalue weighted by Crippen LogP contribution is -2.48. The molecule has 0 bridgehead atoms. The minimum atomic E-state index is 0.0307. The lowest BCUT2D eigenvalue weighted by Gasteiger charge is -2.32. The molecule has 1 saturated heterocycles. The fourth-order valence-electron chi connectivity index (χ4n) is 3.37. The summed E-state index contributed by atoms with van der Waals surface area (Å²) in [6.07, 6.45) is 5.02. The van der Waals surface area contributed by atoms with E-state index in [1.54, 1.807) is 19.0 Å². The molecule has 1 aliphatic rings. The van der Waals surface area contributed by atoms with Gasteiger partial charge in [0.2, 0.25) is 0 Å². The molecular weight excluding hydrogens is 350 g/mol. The van der Waals surface area contributed by atoms with Crippen LogP contribution in [0.2, 0.25) is 0 Å². The number of likely N-dealkylation sites (tertiary alicyclic amines) is 1. The Labute approximate surface area is 169 Å². The molecular formula is C22H35N5O. The fourth-order valence-corrected chi connectivity index (χ4v) is 3.37. The van der Waals surface area contributed by atoms with Crippen molar-refractivity contribution in [3.8, 4) is 0 Å². The van der Waals surface area contributed by atoms with Gasteiger partial charge in [0, 0.05) is 58.4 Å². The van der Waals surface area contributed by atoms with Crippen LogP contribution in [-0.4, -0.2) is 74.5 Å². The van der Waals surface area contributed by atoms with E-state index in [-0.39, 0.29) is 5.91 Å². The molecule has 0 unspecified atom stereocenters. The van der Waals surface area contributed by atoms with Crippen molar-refractivity contribution in [2.45, 2.75) is 32.2 Å². The SMILES string of the molecule is C=CCN1CCC(NC(=NCCc2cccc(C(=O)N(C)C)c2)NCC)CC1. The highest BCUT2D eigenvalue weighted by Gasteiger charge is 2.19. The third-order valence-electron chi connectivity index (χ3n) is 4.91. The number of carbonyl (C=O) groups is 1. The van der Waals surface area contributed by atoms with E-state index >= 15 is 0 Å². The lowest BCUT2D eigenvalue weighted by molar-refractivity contribution is 0.0827. The third kappa shape index (κ3) is 7.00. The van der Waals surface area contributed by atoms with Crippen LogP contribution in [0.5, 0.6) is 0 Å². The number of rotatable bonds is 8. The van der Waals surface area contributed by atoms with Gasteiger partial charge in [-0.05, 0) is 43.9 Å². The van der Waals surface area contributed by atoms with Crippen LogP contribution in [0.3, 0.4) is 0 Å². The smallest absolute Gasteiger partial charge is 0.253 e. The maximum atomic E-state index is 12.1. The van der Waals surface area contributed by atoms with Crippen molar-refractivity contribution >= 4 is 11.9 Å². The normalized spacial score (nSPS) is 15.9. The molecule has 154 valence electrons. The minimum absolute atomic E-state index is 0.0307. The Morgan fingerprint density at radius 1 is 1.36 bits per heavy atom. The molecule has 1 heterocycles. The van der Waals surface area contributed by atoms with Crippen LogP contribution in [0.4, 0.5) is 0 Å². The maximum absolute atomic E-state index is 12.1. The molecule has 28 heavy (non-hydrogen) atoms. The van der Waals surface area contributed by atoms with Crippen LogP contribution >= 0.6 is 0 Å². The molecule has 1 amide bonds. The predicted octanol–water partition coefficient (Wildman–Crippen LogP) is 2.14. The third-order valence-corrected chi connectivity index (χ3v) is 4.91. The van der Waals surface area contributed by atoms with Gasteiger partial charge in [0.15, 0.2) is 5.96 Å². The Morgan fingerprint density at radius 2 is 2.11 bits per heavy atom. The van der Waals surface area contributed by atoms with Gasteiger partial charge >= 0.3 is 0 Å². The van der Waals surface area contributed by atoms with Gasteiger partial charge in [-0.25, -0.2) is 0 Å². The molecule has 1 aromatic carbocycles. The summed E-state index contributed by atoms with van der Waals surface area (Å²) in [6, 6.07) is 8.28. The molecule has 2 rings (SSSR count). The molecule has 1 fully saturated rings. The largest absolute Gasteiger partial charge is 0.357 e. The number of hydrogen-bond donors (Lipinski definition) is 2. The zero-order valence-electron chi connectivity index (χ0n) is 17.6. The van der Waals surface area contributed by atoms with E-state index < -0.39 is 0 Å². The van der Waals surface area contributed by atoms with E-state index in [1.807, 2.05) is 24.3 Å². The van der Waals surface area contributed by atoms with Gasteiger partial charge in [-0.15, -0.1) is 6.58 Å². The number of aliphatic imine (C=N–C) groups is 1. The summed E-state index contributed by atoms with van der Waals surface area (Å²) < 4.78 is 0. The molecule has 0 radical (unpaired) electrons. The van der Waals surface area contributed by atoms with Gasteiger partial charge in [0.05, 0.1) is 0 Å². The van der Waals surface area contributed by atoms with Crippen LogP contribution in [0, 0.1) is 0 Å². The summed E-state index contributed by atoms with van der Waals surface area (Å²) in [7, 11) is 3.55. The Bertz CT molecular complexity index is 663. The van der Waals surface area contributed by atoms with Gasteiger partial charge in [-0.1, -0.05) is 18.2 Å². The molecule has 0 aromatic heterocycles. The summed E-state index contributed by atoms with van der Waals surface area (Å²) in [5, 5.41) is 6.92. The van der Waals surface area contributed by atoms with Crippen molar-refractivity contribution in [1.29, 1.82) is 0 Å². The van der Waals surface area contributed by atoms with Crippen molar-refractivity contribution in [2.24, 2.45) is 4.99 Å². The Morgan fingerprint density at radius 3 is 2.75 bits per heavy atom. The van der Waals surface area contributed by atoms with Crippen LogP contribution in [0.15, 0.2) is 41.9 Å². The summed E-state index contributed by atoms with van der Waals surface area (Å²) in [5.74, 6) is 0.911. The van der Waals surface area contributed by atoms with Gasteiger partial charge < -0.3 is 15.5 Å². The molecule has 6 heteroatoms. The first-order chi connectivity index (χ1) is 13.5. The first kappa shape index (κ1) is 22.0. The topological polar surface area (TPSA) is 60.0 Å². The maximum Gasteiger partial charge on any atom is 0.253 e. The van der Waals surface area contributed by atoms with Crippen molar-refractivity contribution in [3.05, 3.63) is 48.0 Å². The summed E-state index contributed by atoms with van der Waals surface area (Å²) >= 11 is 0. The number of nitrogens with zero attached hydrogens (tertiary/aromatic N) is 3. The van der Waals surface area contributed by atoms with Crippen molar-refractivity contribution < 1.29 is 4.79 Å². The Balaban J connectivity index is 1.88. The molecule has 0 spiro atoms. The average molecular weight is 386 g/mol. The van der Waals surface area contributed by atoms with Gasteiger partial charge in [-0.3, -0.25) is 14.7 Å². The first-order valence-electron chi connectivity index (χ1n) is 10.2. The van der Waals surface area contributed by atoms with Gasteiger partial charge in [-0.2, -0.15) is 0 Å². The number of hydrogen-bond acceptors (Lipinski definition) is 3. The summed E-state index contributed by atoms with van der Waals surface area (Å²) in [6.45, 7) is 10.6. The second-order valence-corrected chi connectivity index (χ2v) is 7.42. The van der Waals surface area contributed by atoms with E-state index in [9.17, 15) is 4.79 Å². The van der Waals surface area contributed by atoms with Crippen molar-refractivity contribution in [2.75, 3.05) is 46.8 Å². The van der Waals surface area contributed by atoms with Crippen molar-refractivity contribution in [1.82, 2.24) is 20.4 Å². The average Bonchev–Trinajstić information content (AvgIpc) is 2.69. The highest BCUT2D eigenvalue weighted by atomic mass is 16.2. The predicted molar refractivity (Wildman–Crippen MR) is 117 cm³/mol. The zero-order valence-corrected chi connectivity index (χ0v) is 17.6. The van der Waals surface area contributed by atoms with Gasteiger partial charge in [0.1, 0.15) is 0 Å². The number of guanidine groups is 1. The van der Waals surface area contributed by atoms with Crippen LogP contribution < -0.4 is 10.6 Å². The number of piperidine rings is 1. The molecule has 0 atom stereocenters.